The van der Waals surface area contributed by atoms with Gasteiger partial charge in [-0.05, 0) is 56.3 Å². The van der Waals surface area contributed by atoms with Crippen molar-refractivity contribution in [3.05, 3.63) is 30.1 Å². The highest BCUT2D eigenvalue weighted by atomic mass is 15.2. The third-order valence-corrected chi connectivity index (χ3v) is 4.68. The predicted octanol–water partition coefficient (Wildman–Crippen LogP) is 3.04. The zero-order valence-electron chi connectivity index (χ0n) is 12.9. The van der Waals surface area contributed by atoms with Crippen LogP contribution in [-0.2, 0) is 6.54 Å². The molecule has 0 amide bonds. The van der Waals surface area contributed by atoms with E-state index in [1.54, 1.807) is 0 Å². The van der Waals surface area contributed by atoms with E-state index in [0.29, 0.717) is 12.1 Å². The number of rotatable bonds is 5. The second kappa shape index (κ2) is 6.58. The number of fused-ring (bicyclic) bond motifs is 1. The summed E-state index contributed by atoms with van der Waals surface area (Å²) in [4.78, 5) is 10.3. The Morgan fingerprint density at radius 1 is 1.33 bits per heavy atom. The second-order valence-corrected chi connectivity index (χ2v) is 6.25. The van der Waals surface area contributed by atoms with E-state index in [1.165, 1.54) is 43.1 Å². The first kappa shape index (κ1) is 14.5. The maximum atomic E-state index is 6.05. The number of aromatic nitrogens is 2. The summed E-state index contributed by atoms with van der Waals surface area (Å²) in [5.41, 5.74) is 8.41. The summed E-state index contributed by atoms with van der Waals surface area (Å²) in [5, 5.41) is 1.26. The van der Waals surface area contributed by atoms with Crippen LogP contribution in [0.4, 0.5) is 0 Å². The van der Waals surface area contributed by atoms with Crippen LogP contribution in [0.15, 0.2) is 24.5 Å². The van der Waals surface area contributed by atoms with Gasteiger partial charge in [-0.15, -0.1) is 0 Å². The molecule has 1 aliphatic rings. The van der Waals surface area contributed by atoms with Crippen molar-refractivity contribution in [3.8, 4) is 0 Å². The molecule has 4 heteroatoms. The lowest BCUT2D eigenvalue weighted by molar-refractivity contribution is 0.142. The maximum absolute atomic E-state index is 6.05. The molecule has 4 nitrogen and oxygen atoms in total. The first-order chi connectivity index (χ1) is 10.3. The number of aromatic amines is 1. The summed E-state index contributed by atoms with van der Waals surface area (Å²) in [6.07, 6.45) is 9.97. The fraction of sp³-hybridized carbons (Fsp3) is 0.588. The van der Waals surface area contributed by atoms with Gasteiger partial charge in [0.15, 0.2) is 0 Å². The highest BCUT2D eigenvalue weighted by Gasteiger charge is 2.24. The van der Waals surface area contributed by atoms with Gasteiger partial charge in [0.2, 0.25) is 0 Å². The van der Waals surface area contributed by atoms with Gasteiger partial charge in [0.05, 0.1) is 0 Å². The lowest BCUT2D eigenvalue weighted by Crippen LogP contribution is -2.40. The zero-order chi connectivity index (χ0) is 14.7. The van der Waals surface area contributed by atoms with Crippen molar-refractivity contribution >= 4 is 11.0 Å². The van der Waals surface area contributed by atoms with Crippen molar-refractivity contribution in [1.82, 2.24) is 14.9 Å². The predicted molar refractivity (Wildman–Crippen MR) is 87.0 cm³/mol. The van der Waals surface area contributed by atoms with E-state index in [9.17, 15) is 0 Å². The minimum Gasteiger partial charge on any atom is -0.346 e. The van der Waals surface area contributed by atoms with Crippen molar-refractivity contribution < 1.29 is 0 Å². The molecule has 2 heterocycles. The Bertz CT molecular complexity index is 569. The van der Waals surface area contributed by atoms with Gasteiger partial charge in [0.25, 0.3) is 0 Å². The average molecular weight is 286 g/mol. The average Bonchev–Trinajstić information content (AvgIpc) is 2.91. The molecule has 0 atom stereocenters. The van der Waals surface area contributed by atoms with Gasteiger partial charge >= 0.3 is 0 Å². The van der Waals surface area contributed by atoms with Crippen LogP contribution in [0, 0.1) is 0 Å². The lowest BCUT2D eigenvalue weighted by atomic mass is 9.90. The molecule has 1 saturated carbocycles. The van der Waals surface area contributed by atoms with Crippen molar-refractivity contribution in [2.24, 2.45) is 5.73 Å². The van der Waals surface area contributed by atoms with Crippen molar-refractivity contribution in [1.29, 1.82) is 0 Å². The van der Waals surface area contributed by atoms with Gasteiger partial charge in [0, 0.05) is 36.4 Å². The van der Waals surface area contributed by atoms with E-state index in [1.807, 2.05) is 12.3 Å². The minimum absolute atomic E-state index is 0.419. The summed E-state index contributed by atoms with van der Waals surface area (Å²) >= 11 is 0. The van der Waals surface area contributed by atoms with Crippen LogP contribution in [0.2, 0.25) is 0 Å². The zero-order valence-corrected chi connectivity index (χ0v) is 12.9. The normalized spacial score (nSPS) is 23.0. The highest BCUT2D eigenvalue weighted by Crippen LogP contribution is 2.25. The molecule has 0 spiro atoms. The van der Waals surface area contributed by atoms with E-state index < -0.39 is 0 Å². The molecular weight excluding hydrogens is 260 g/mol. The Morgan fingerprint density at radius 2 is 2.14 bits per heavy atom. The largest absolute Gasteiger partial charge is 0.346 e. The fourth-order valence-electron chi connectivity index (χ4n) is 3.51. The van der Waals surface area contributed by atoms with E-state index in [-0.39, 0.29) is 0 Å². The van der Waals surface area contributed by atoms with Crippen LogP contribution in [-0.4, -0.2) is 33.5 Å². The number of pyridine rings is 1. The van der Waals surface area contributed by atoms with Crippen LogP contribution >= 0.6 is 0 Å². The number of nitrogens with zero attached hydrogens (tertiary/aromatic N) is 2. The molecule has 114 valence electrons. The van der Waals surface area contributed by atoms with Crippen LogP contribution in [0.3, 0.4) is 0 Å². The first-order valence-electron chi connectivity index (χ1n) is 8.18. The van der Waals surface area contributed by atoms with E-state index in [2.05, 4.69) is 34.1 Å². The van der Waals surface area contributed by atoms with Gasteiger partial charge in [-0.25, -0.2) is 4.98 Å². The van der Waals surface area contributed by atoms with E-state index in [4.69, 9.17) is 5.73 Å². The van der Waals surface area contributed by atoms with Crippen LogP contribution in [0.5, 0.6) is 0 Å². The fourth-order valence-corrected chi connectivity index (χ4v) is 3.51. The summed E-state index contributed by atoms with van der Waals surface area (Å²) in [7, 11) is 0. The van der Waals surface area contributed by atoms with Gasteiger partial charge < -0.3 is 10.7 Å². The number of nitrogens with one attached hydrogen (secondary N) is 1. The quantitative estimate of drug-likeness (QED) is 0.888. The van der Waals surface area contributed by atoms with Crippen LogP contribution in [0.25, 0.3) is 11.0 Å². The Labute approximate surface area is 126 Å². The third kappa shape index (κ3) is 3.27. The molecule has 0 aromatic carbocycles. The first-order valence-corrected chi connectivity index (χ1v) is 8.18. The summed E-state index contributed by atoms with van der Waals surface area (Å²) in [6.45, 7) is 4.44. The molecule has 0 unspecified atom stereocenters. The SMILES string of the molecule is CCCN(Cc1c[nH]c2ncccc12)C1CCC(N)CC1. The maximum Gasteiger partial charge on any atom is 0.137 e. The van der Waals surface area contributed by atoms with E-state index in [0.717, 1.165) is 18.7 Å². The van der Waals surface area contributed by atoms with Crippen LogP contribution < -0.4 is 5.73 Å². The Hall–Kier alpha value is -1.39. The van der Waals surface area contributed by atoms with Gasteiger partial charge in [-0.3, -0.25) is 4.90 Å². The molecule has 3 rings (SSSR count). The van der Waals surface area contributed by atoms with Crippen molar-refractivity contribution in [2.45, 2.75) is 57.7 Å². The molecule has 3 N–H and O–H groups in total. The number of H-pyrrole nitrogens is 1. The number of hydrogen-bond donors (Lipinski definition) is 2. The molecule has 2 aromatic heterocycles. The number of hydrogen-bond acceptors (Lipinski definition) is 3. The Balaban J connectivity index is 1.75. The molecule has 0 bridgehead atoms. The Kier molecular flexibility index (Phi) is 4.56. The molecule has 21 heavy (non-hydrogen) atoms. The van der Waals surface area contributed by atoms with Crippen molar-refractivity contribution in [2.75, 3.05) is 6.54 Å². The molecule has 0 aliphatic heterocycles. The monoisotopic (exact) mass is 286 g/mol. The van der Waals surface area contributed by atoms with Gasteiger partial charge in [-0.1, -0.05) is 6.92 Å². The van der Waals surface area contributed by atoms with Crippen molar-refractivity contribution in [3.63, 3.8) is 0 Å². The number of nitrogens with two attached hydrogens (primary N) is 1. The second-order valence-electron chi connectivity index (χ2n) is 6.25. The minimum atomic E-state index is 0.419. The molecule has 1 aliphatic carbocycles. The highest BCUT2D eigenvalue weighted by molar-refractivity contribution is 5.79. The third-order valence-electron chi connectivity index (χ3n) is 4.68. The van der Waals surface area contributed by atoms with Gasteiger partial charge in [0.1, 0.15) is 5.65 Å². The topological polar surface area (TPSA) is 57.9 Å². The standard InChI is InChI=1S/C17H26N4/c1-2-10-21(15-7-5-14(18)6-8-15)12-13-11-20-17-16(13)4-3-9-19-17/h3-4,9,11,14-15H,2,5-8,10,12,18H2,1H3,(H,19,20). The van der Waals surface area contributed by atoms with Gasteiger partial charge in [-0.2, -0.15) is 0 Å². The summed E-state index contributed by atoms with van der Waals surface area (Å²) in [6, 6.07) is 5.28. The van der Waals surface area contributed by atoms with E-state index >= 15 is 0 Å². The Morgan fingerprint density at radius 3 is 2.90 bits per heavy atom. The molecule has 2 aromatic rings. The van der Waals surface area contributed by atoms with Crippen LogP contribution in [0.1, 0.15) is 44.6 Å². The smallest absolute Gasteiger partial charge is 0.137 e. The summed E-state index contributed by atoms with van der Waals surface area (Å²) in [5.74, 6) is 0. The molecule has 0 saturated heterocycles. The molecule has 0 radical (unpaired) electrons. The molecule has 1 fully saturated rings. The summed E-state index contributed by atoms with van der Waals surface area (Å²) < 4.78 is 0. The molecular formula is C17H26N4. The lowest BCUT2D eigenvalue weighted by Gasteiger charge is -2.36.